The van der Waals surface area contributed by atoms with Gasteiger partial charge in [-0.15, -0.1) is 0 Å². The fourth-order valence-corrected chi connectivity index (χ4v) is 3.17. The lowest BCUT2D eigenvalue weighted by atomic mass is 10.2. The van der Waals surface area contributed by atoms with Crippen LogP contribution in [0.4, 0.5) is 4.79 Å². The van der Waals surface area contributed by atoms with Gasteiger partial charge in [0.15, 0.2) is 0 Å². The van der Waals surface area contributed by atoms with Gasteiger partial charge in [0.2, 0.25) is 0 Å². The number of nitrogens with zero attached hydrogens (tertiary/aromatic N) is 1. The Morgan fingerprint density at radius 3 is 2.48 bits per heavy atom. The van der Waals surface area contributed by atoms with Crippen LogP contribution in [0.3, 0.4) is 0 Å². The maximum absolute atomic E-state index is 12.3. The lowest BCUT2D eigenvalue weighted by Gasteiger charge is -2.13. The summed E-state index contributed by atoms with van der Waals surface area (Å²) in [4.78, 5) is 36.8. The number of imide groups is 1. The third-order valence-corrected chi connectivity index (χ3v) is 4.37. The van der Waals surface area contributed by atoms with E-state index in [4.69, 9.17) is 27.9 Å². The monoisotopic (exact) mass is 373 g/mol. The van der Waals surface area contributed by atoms with Gasteiger partial charge in [-0.2, -0.15) is 0 Å². The zero-order valence-corrected chi connectivity index (χ0v) is 14.7. The minimum Gasteiger partial charge on any atom is -0.462 e. The molecular weight excluding hydrogens is 361 g/mol. The Bertz CT molecular complexity index is 682. The Morgan fingerprint density at radius 2 is 1.91 bits per heavy atom. The Kier molecular flexibility index (Phi) is 5.73. The highest BCUT2D eigenvalue weighted by atomic mass is 35.5. The zero-order valence-electron chi connectivity index (χ0n) is 12.3. The minimum atomic E-state index is -0.640. The standard InChI is InChI=1S/C15H13Cl2NO4S/c1-8(2)22-13(19)7-18-14(20)12(23-15(18)21)6-9-10(16)4-3-5-11(9)17/h3-6,8H,7H2,1-2H3/b12-6-. The Hall–Kier alpha value is -1.50. The van der Waals surface area contributed by atoms with Crippen molar-refractivity contribution in [2.75, 3.05) is 6.54 Å². The summed E-state index contributed by atoms with van der Waals surface area (Å²) in [7, 11) is 0. The fraction of sp³-hybridized carbons (Fsp3) is 0.267. The van der Waals surface area contributed by atoms with Gasteiger partial charge in [-0.3, -0.25) is 19.3 Å². The van der Waals surface area contributed by atoms with Crippen molar-refractivity contribution in [1.29, 1.82) is 0 Å². The number of esters is 1. The molecule has 0 N–H and O–H groups in total. The van der Waals surface area contributed by atoms with Crippen molar-refractivity contribution in [3.8, 4) is 0 Å². The maximum atomic E-state index is 12.3. The number of thioether (sulfide) groups is 1. The van der Waals surface area contributed by atoms with Gasteiger partial charge in [0, 0.05) is 15.6 Å². The first-order valence-corrected chi connectivity index (χ1v) is 8.25. The highest BCUT2D eigenvalue weighted by Gasteiger charge is 2.37. The fourth-order valence-electron chi connectivity index (χ4n) is 1.85. The summed E-state index contributed by atoms with van der Waals surface area (Å²) in [6.45, 7) is 2.95. The topological polar surface area (TPSA) is 63.7 Å². The number of rotatable bonds is 4. The van der Waals surface area contributed by atoms with E-state index >= 15 is 0 Å². The Balaban J connectivity index is 2.21. The molecule has 1 aliphatic heterocycles. The SMILES string of the molecule is CC(C)OC(=O)CN1C(=O)S/C(=C\c2c(Cl)cccc2Cl)C1=O. The van der Waals surface area contributed by atoms with Crippen LogP contribution < -0.4 is 0 Å². The molecule has 5 nitrogen and oxygen atoms in total. The summed E-state index contributed by atoms with van der Waals surface area (Å²) in [5.41, 5.74) is 0.450. The number of amides is 2. The predicted molar refractivity (Wildman–Crippen MR) is 90.4 cm³/mol. The molecule has 1 aromatic rings. The highest BCUT2D eigenvalue weighted by molar-refractivity contribution is 8.18. The smallest absolute Gasteiger partial charge is 0.326 e. The molecule has 0 spiro atoms. The number of carbonyl (C=O) groups excluding carboxylic acids is 3. The lowest BCUT2D eigenvalue weighted by molar-refractivity contribution is -0.149. The second-order valence-corrected chi connectivity index (χ2v) is 6.75. The first-order chi connectivity index (χ1) is 10.8. The predicted octanol–water partition coefficient (Wildman–Crippen LogP) is 3.98. The molecule has 23 heavy (non-hydrogen) atoms. The minimum absolute atomic E-state index is 0.155. The normalized spacial score (nSPS) is 16.6. The summed E-state index contributed by atoms with van der Waals surface area (Å²) < 4.78 is 4.94. The van der Waals surface area contributed by atoms with E-state index in [1.54, 1.807) is 32.0 Å². The number of hydrogen-bond donors (Lipinski definition) is 0. The number of benzene rings is 1. The van der Waals surface area contributed by atoms with Gasteiger partial charge in [-0.25, -0.2) is 0 Å². The number of ether oxygens (including phenoxy) is 1. The van der Waals surface area contributed by atoms with Crippen molar-refractivity contribution in [3.63, 3.8) is 0 Å². The first-order valence-electron chi connectivity index (χ1n) is 6.68. The summed E-state index contributed by atoms with van der Waals surface area (Å²) in [6, 6.07) is 4.93. The van der Waals surface area contributed by atoms with Crippen molar-refractivity contribution in [1.82, 2.24) is 4.90 Å². The van der Waals surface area contributed by atoms with Crippen LogP contribution in [0, 0.1) is 0 Å². The van der Waals surface area contributed by atoms with Crippen LogP contribution in [0.15, 0.2) is 23.1 Å². The molecule has 122 valence electrons. The van der Waals surface area contributed by atoms with Crippen molar-refractivity contribution in [2.24, 2.45) is 0 Å². The van der Waals surface area contributed by atoms with Crippen LogP contribution in [0.5, 0.6) is 0 Å². The molecule has 1 saturated heterocycles. The van der Waals surface area contributed by atoms with E-state index in [-0.39, 0.29) is 11.0 Å². The third kappa shape index (κ3) is 4.28. The van der Waals surface area contributed by atoms with Crippen molar-refractivity contribution in [2.45, 2.75) is 20.0 Å². The summed E-state index contributed by atoms with van der Waals surface area (Å²) in [5, 5.41) is 0.192. The van der Waals surface area contributed by atoms with Gasteiger partial charge in [-0.05, 0) is 43.8 Å². The zero-order chi connectivity index (χ0) is 17.1. The molecule has 1 heterocycles. The van der Waals surface area contributed by atoms with E-state index in [1.165, 1.54) is 6.08 Å². The molecule has 1 fully saturated rings. The van der Waals surface area contributed by atoms with Crippen LogP contribution in [-0.4, -0.2) is 34.7 Å². The van der Waals surface area contributed by atoms with E-state index in [9.17, 15) is 14.4 Å². The third-order valence-electron chi connectivity index (χ3n) is 2.80. The molecule has 0 bridgehead atoms. The quantitative estimate of drug-likeness (QED) is 0.589. The molecular formula is C15H13Cl2NO4S. The van der Waals surface area contributed by atoms with E-state index < -0.39 is 23.7 Å². The molecule has 0 aliphatic carbocycles. The molecule has 1 aromatic carbocycles. The lowest BCUT2D eigenvalue weighted by Crippen LogP contribution is -2.35. The van der Waals surface area contributed by atoms with Crippen LogP contribution in [0.1, 0.15) is 19.4 Å². The number of halogens is 2. The molecule has 2 amide bonds. The largest absolute Gasteiger partial charge is 0.462 e. The average molecular weight is 374 g/mol. The van der Waals surface area contributed by atoms with Crippen LogP contribution >= 0.6 is 35.0 Å². The van der Waals surface area contributed by atoms with Gasteiger partial charge in [0.25, 0.3) is 11.1 Å². The van der Waals surface area contributed by atoms with Gasteiger partial charge < -0.3 is 4.74 Å². The van der Waals surface area contributed by atoms with E-state index in [0.717, 1.165) is 16.7 Å². The molecule has 1 aliphatic rings. The molecule has 0 radical (unpaired) electrons. The highest BCUT2D eigenvalue weighted by Crippen LogP contribution is 2.35. The Morgan fingerprint density at radius 1 is 1.30 bits per heavy atom. The average Bonchev–Trinajstić information content (AvgIpc) is 2.70. The van der Waals surface area contributed by atoms with Gasteiger partial charge in [0.1, 0.15) is 6.54 Å². The van der Waals surface area contributed by atoms with Gasteiger partial charge in [-0.1, -0.05) is 29.3 Å². The van der Waals surface area contributed by atoms with Crippen molar-refractivity contribution in [3.05, 3.63) is 38.7 Å². The van der Waals surface area contributed by atoms with Crippen LogP contribution in [-0.2, 0) is 14.3 Å². The Labute approximate surface area is 147 Å². The second kappa shape index (κ2) is 7.38. The van der Waals surface area contributed by atoms with Crippen LogP contribution in [0.2, 0.25) is 10.0 Å². The summed E-state index contributed by atoms with van der Waals surface area (Å²) in [6.07, 6.45) is 1.13. The first kappa shape index (κ1) is 17.8. The van der Waals surface area contributed by atoms with E-state index in [2.05, 4.69) is 0 Å². The number of carbonyl (C=O) groups is 3. The summed E-state index contributed by atoms with van der Waals surface area (Å²) in [5.74, 6) is -1.21. The van der Waals surface area contributed by atoms with Gasteiger partial charge >= 0.3 is 5.97 Å². The van der Waals surface area contributed by atoms with Crippen LogP contribution in [0.25, 0.3) is 6.08 Å². The molecule has 0 atom stereocenters. The van der Waals surface area contributed by atoms with Crippen molar-refractivity contribution < 1.29 is 19.1 Å². The maximum Gasteiger partial charge on any atom is 0.326 e. The second-order valence-electron chi connectivity index (χ2n) is 4.94. The molecule has 0 saturated carbocycles. The van der Waals surface area contributed by atoms with E-state index in [1.807, 2.05) is 0 Å². The molecule has 8 heteroatoms. The molecule has 2 rings (SSSR count). The van der Waals surface area contributed by atoms with Crippen molar-refractivity contribution >= 4 is 58.2 Å². The summed E-state index contributed by atoms with van der Waals surface area (Å²) >= 11 is 12.8. The molecule has 0 aromatic heterocycles. The number of hydrogen-bond acceptors (Lipinski definition) is 5. The van der Waals surface area contributed by atoms with E-state index in [0.29, 0.717) is 15.6 Å². The molecule has 0 unspecified atom stereocenters. The van der Waals surface area contributed by atoms with Gasteiger partial charge in [0.05, 0.1) is 11.0 Å².